The van der Waals surface area contributed by atoms with E-state index >= 15 is 0 Å². The summed E-state index contributed by atoms with van der Waals surface area (Å²) in [6, 6.07) is 1.83. The van der Waals surface area contributed by atoms with Gasteiger partial charge in [0.2, 0.25) is 0 Å². The van der Waals surface area contributed by atoms with Crippen LogP contribution in [0.2, 0.25) is 0 Å². The van der Waals surface area contributed by atoms with Crippen LogP contribution in [0, 0.1) is 0 Å². The number of carboxylic acid groups (broad SMARTS) is 1. The van der Waals surface area contributed by atoms with E-state index in [0.29, 0.717) is 0 Å². The predicted octanol–water partition coefficient (Wildman–Crippen LogP) is 1.60. The molecule has 70 valence electrons. The molecule has 2 N–H and O–H groups in total. The van der Waals surface area contributed by atoms with E-state index in [-0.39, 0.29) is 11.6 Å². The number of nitrogens with zero attached hydrogens (tertiary/aromatic N) is 1. The number of hydrogen-bond acceptors (Lipinski definition) is 3. The molecule has 0 bridgehead atoms. The minimum atomic E-state index is -0.958. The molecule has 0 fully saturated rings. The first kappa shape index (κ1) is 9.51. The molecule has 0 unspecified atom stereocenters. The minimum absolute atomic E-state index is 0.200. The number of carbonyl (C=O) groups is 1. The number of carboxylic acids is 1. The average Bonchev–Trinajstić information content (AvgIpc) is 2.03. The zero-order valence-electron chi connectivity index (χ0n) is 7.61. The van der Waals surface area contributed by atoms with Gasteiger partial charge in [-0.3, -0.25) is 4.98 Å². The molecule has 0 amide bonds. The lowest BCUT2D eigenvalue weighted by atomic mass is 10.2. The number of nitrogens with one attached hydrogen (secondary N) is 1. The van der Waals surface area contributed by atoms with Crippen LogP contribution >= 0.6 is 0 Å². The van der Waals surface area contributed by atoms with Crippen molar-refractivity contribution < 1.29 is 9.90 Å². The van der Waals surface area contributed by atoms with Crippen molar-refractivity contribution in [1.29, 1.82) is 0 Å². The highest BCUT2D eigenvalue weighted by Crippen LogP contribution is 2.09. The van der Waals surface area contributed by atoms with Crippen molar-refractivity contribution in [3.05, 3.63) is 24.0 Å². The maximum Gasteiger partial charge on any atom is 0.337 e. The van der Waals surface area contributed by atoms with E-state index in [1.807, 2.05) is 13.8 Å². The van der Waals surface area contributed by atoms with Crippen LogP contribution in [0.15, 0.2) is 18.5 Å². The lowest BCUT2D eigenvalue weighted by Gasteiger charge is -2.09. The molecule has 0 aromatic carbocycles. The Bertz CT molecular complexity index is 310. The van der Waals surface area contributed by atoms with Gasteiger partial charge in [-0.1, -0.05) is 0 Å². The van der Waals surface area contributed by atoms with E-state index in [1.54, 1.807) is 12.3 Å². The number of pyridine rings is 1. The second-order valence-electron chi connectivity index (χ2n) is 3.07. The fraction of sp³-hybridized carbons (Fsp3) is 0.333. The van der Waals surface area contributed by atoms with Crippen LogP contribution in [-0.2, 0) is 0 Å². The van der Waals surface area contributed by atoms with Crippen LogP contribution in [0.3, 0.4) is 0 Å². The van der Waals surface area contributed by atoms with Gasteiger partial charge >= 0.3 is 5.97 Å². The fourth-order valence-electron chi connectivity index (χ4n) is 0.969. The van der Waals surface area contributed by atoms with Crippen LogP contribution in [-0.4, -0.2) is 22.1 Å². The summed E-state index contributed by atoms with van der Waals surface area (Å²) < 4.78 is 0. The van der Waals surface area contributed by atoms with Crippen LogP contribution in [0.5, 0.6) is 0 Å². The fourth-order valence-corrected chi connectivity index (χ4v) is 0.969. The van der Waals surface area contributed by atoms with Gasteiger partial charge in [-0.05, 0) is 19.9 Å². The lowest BCUT2D eigenvalue weighted by Crippen LogP contribution is -2.10. The van der Waals surface area contributed by atoms with Gasteiger partial charge in [0.1, 0.15) is 0 Å². The third kappa shape index (κ3) is 2.74. The van der Waals surface area contributed by atoms with Gasteiger partial charge in [-0.25, -0.2) is 4.79 Å². The molecule has 13 heavy (non-hydrogen) atoms. The van der Waals surface area contributed by atoms with E-state index in [0.717, 1.165) is 5.69 Å². The molecule has 0 saturated heterocycles. The monoisotopic (exact) mass is 180 g/mol. The molecule has 0 saturated carbocycles. The highest BCUT2D eigenvalue weighted by molar-refractivity contribution is 5.88. The van der Waals surface area contributed by atoms with Gasteiger partial charge < -0.3 is 10.4 Å². The standard InChI is InChI=1S/C9H12N2O2/c1-6(2)11-8-3-7(9(12)13)4-10-5-8/h3-6,11H,1-2H3,(H,12,13). The maximum absolute atomic E-state index is 10.6. The van der Waals surface area contributed by atoms with Crippen LogP contribution < -0.4 is 5.32 Å². The molecular formula is C9H12N2O2. The normalized spacial score (nSPS) is 10.1. The average molecular weight is 180 g/mol. The van der Waals surface area contributed by atoms with E-state index in [2.05, 4.69) is 10.3 Å². The number of anilines is 1. The van der Waals surface area contributed by atoms with Crippen LogP contribution in [0.4, 0.5) is 5.69 Å². The number of rotatable bonds is 3. The molecular weight excluding hydrogens is 168 g/mol. The zero-order valence-corrected chi connectivity index (χ0v) is 7.61. The van der Waals surface area contributed by atoms with Gasteiger partial charge in [0, 0.05) is 18.4 Å². The summed E-state index contributed by atoms with van der Waals surface area (Å²) in [6.45, 7) is 3.96. The quantitative estimate of drug-likeness (QED) is 0.741. The SMILES string of the molecule is CC(C)Nc1cncc(C(=O)O)c1. The number of hydrogen-bond donors (Lipinski definition) is 2. The Morgan fingerprint density at radius 1 is 1.54 bits per heavy atom. The Hall–Kier alpha value is -1.58. The van der Waals surface area contributed by atoms with E-state index in [1.165, 1.54) is 6.20 Å². The van der Waals surface area contributed by atoms with Crippen molar-refractivity contribution in [2.75, 3.05) is 5.32 Å². The molecule has 1 aromatic rings. The van der Waals surface area contributed by atoms with Gasteiger partial charge in [0.25, 0.3) is 0 Å². The third-order valence-electron chi connectivity index (χ3n) is 1.44. The summed E-state index contributed by atoms with van der Waals surface area (Å²) in [7, 11) is 0. The minimum Gasteiger partial charge on any atom is -0.478 e. The topological polar surface area (TPSA) is 62.2 Å². The Balaban J connectivity index is 2.85. The number of aromatic nitrogens is 1. The molecule has 4 nitrogen and oxygen atoms in total. The molecule has 1 rings (SSSR count). The van der Waals surface area contributed by atoms with Crippen LogP contribution in [0.25, 0.3) is 0 Å². The van der Waals surface area contributed by atoms with E-state index < -0.39 is 5.97 Å². The second-order valence-corrected chi connectivity index (χ2v) is 3.07. The summed E-state index contributed by atoms with van der Waals surface area (Å²) >= 11 is 0. The van der Waals surface area contributed by atoms with Gasteiger partial charge in [-0.15, -0.1) is 0 Å². The molecule has 0 aliphatic rings. The lowest BCUT2D eigenvalue weighted by molar-refractivity contribution is 0.0696. The molecule has 0 radical (unpaired) electrons. The van der Waals surface area contributed by atoms with Crippen molar-refractivity contribution in [2.24, 2.45) is 0 Å². The first-order valence-corrected chi connectivity index (χ1v) is 4.04. The largest absolute Gasteiger partial charge is 0.478 e. The van der Waals surface area contributed by atoms with Gasteiger partial charge in [0.05, 0.1) is 11.3 Å². The van der Waals surface area contributed by atoms with Crippen molar-refractivity contribution in [1.82, 2.24) is 4.98 Å². The third-order valence-corrected chi connectivity index (χ3v) is 1.44. The Labute approximate surface area is 76.6 Å². The molecule has 1 heterocycles. The molecule has 0 spiro atoms. The second kappa shape index (κ2) is 3.89. The van der Waals surface area contributed by atoms with E-state index in [4.69, 9.17) is 5.11 Å². The Kier molecular flexibility index (Phi) is 2.84. The van der Waals surface area contributed by atoms with Crippen molar-refractivity contribution >= 4 is 11.7 Å². The number of aromatic carboxylic acids is 1. The first-order valence-electron chi connectivity index (χ1n) is 4.04. The van der Waals surface area contributed by atoms with Crippen molar-refractivity contribution in [3.63, 3.8) is 0 Å². The Morgan fingerprint density at radius 3 is 2.77 bits per heavy atom. The highest BCUT2D eigenvalue weighted by atomic mass is 16.4. The molecule has 4 heteroatoms. The zero-order chi connectivity index (χ0) is 9.84. The molecule has 0 aliphatic carbocycles. The van der Waals surface area contributed by atoms with Gasteiger partial charge in [0.15, 0.2) is 0 Å². The van der Waals surface area contributed by atoms with Gasteiger partial charge in [-0.2, -0.15) is 0 Å². The predicted molar refractivity (Wildman–Crippen MR) is 50.0 cm³/mol. The summed E-state index contributed by atoms with van der Waals surface area (Å²) in [5.74, 6) is -0.958. The first-order chi connectivity index (χ1) is 6.09. The molecule has 1 aromatic heterocycles. The van der Waals surface area contributed by atoms with Crippen molar-refractivity contribution in [3.8, 4) is 0 Å². The summed E-state index contributed by atoms with van der Waals surface area (Å²) in [4.78, 5) is 14.4. The van der Waals surface area contributed by atoms with Crippen LogP contribution in [0.1, 0.15) is 24.2 Å². The molecule has 0 aliphatic heterocycles. The van der Waals surface area contributed by atoms with Crippen molar-refractivity contribution in [2.45, 2.75) is 19.9 Å². The summed E-state index contributed by atoms with van der Waals surface area (Å²) in [6.07, 6.45) is 2.93. The summed E-state index contributed by atoms with van der Waals surface area (Å²) in [5, 5.41) is 11.7. The molecule has 0 atom stereocenters. The van der Waals surface area contributed by atoms with E-state index in [9.17, 15) is 4.79 Å². The highest BCUT2D eigenvalue weighted by Gasteiger charge is 2.04. The maximum atomic E-state index is 10.6. The smallest absolute Gasteiger partial charge is 0.337 e. The Morgan fingerprint density at radius 2 is 2.23 bits per heavy atom. The summed E-state index contributed by atoms with van der Waals surface area (Å²) in [5.41, 5.74) is 0.931.